The summed E-state index contributed by atoms with van der Waals surface area (Å²) < 4.78 is 0.931. The van der Waals surface area contributed by atoms with Gasteiger partial charge in [0, 0.05) is 16.2 Å². The Kier molecular flexibility index (Phi) is 4.42. The first-order chi connectivity index (χ1) is 9.04. The van der Waals surface area contributed by atoms with E-state index in [4.69, 9.17) is 5.11 Å². The van der Waals surface area contributed by atoms with Gasteiger partial charge in [0.2, 0.25) is 0 Å². The van der Waals surface area contributed by atoms with Crippen molar-refractivity contribution in [1.82, 2.24) is 5.32 Å². The van der Waals surface area contributed by atoms with Crippen molar-refractivity contribution >= 4 is 33.6 Å². The lowest BCUT2D eigenvalue weighted by molar-refractivity contribution is -0.137. The van der Waals surface area contributed by atoms with Gasteiger partial charge in [-0.2, -0.15) is 0 Å². The first kappa shape index (κ1) is 13.9. The first-order valence-electron chi connectivity index (χ1n) is 6.09. The molecule has 3 N–H and O–H groups in total. The molecule has 0 radical (unpaired) electrons. The number of hydrogen-bond donors (Lipinski definition) is 3. The molecule has 1 atom stereocenters. The van der Waals surface area contributed by atoms with Crippen LogP contribution in [0, 0.1) is 5.92 Å². The zero-order chi connectivity index (χ0) is 13.8. The Bertz CT molecular complexity index is 471. The summed E-state index contributed by atoms with van der Waals surface area (Å²) in [5, 5.41) is 14.2. The van der Waals surface area contributed by atoms with Gasteiger partial charge in [-0.3, -0.25) is 4.79 Å². The minimum absolute atomic E-state index is 0.0293. The molecule has 1 saturated carbocycles. The highest BCUT2D eigenvalue weighted by molar-refractivity contribution is 9.10. The van der Waals surface area contributed by atoms with Crippen molar-refractivity contribution in [2.75, 3.05) is 5.32 Å². The molecule has 0 spiro atoms. The number of benzene rings is 1. The molecule has 1 aromatic carbocycles. The molecule has 0 saturated heterocycles. The zero-order valence-corrected chi connectivity index (χ0v) is 11.8. The molecule has 5 nitrogen and oxygen atoms in total. The molecule has 0 aliphatic heterocycles. The lowest BCUT2D eigenvalue weighted by atomic mass is 10.1. The molecule has 0 heterocycles. The predicted molar refractivity (Wildman–Crippen MR) is 75.1 cm³/mol. The van der Waals surface area contributed by atoms with Gasteiger partial charge < -0.3 is 15.7 Å². The van der Waals surface area contributed by atoms with Gasteiger partial charge >= 0.3 is 12.0 Å². The van der Waals surface area contributed by atoms with Crippen LogP contribution in [0.15, 0.2) is 28.7 Å². The molecule has 2 rings (SSSR count). The molecule has 102 valence electrons. The van der Waals surface area contributed by atoms with Crippen LogP contribution < -0.4 is 10.6 Å². The number of rotatable bonds is 5. The van der Waals surface area contributed by atoms with Crippen molar-refractivity contribution in [1.29, 1.82) is 0 Å². The smallest absolute Gasteiger partial charge is 0.319 e. The fourth-order valence-electron chi connectivity index (χ4n) is 1.89. The SMILES string of the molecule is O=C(O)CC(NC(=O)Nc1ccc(Br)cc1)C1CC1. The molecular formula is C13H15BrN2O3. The van der Waals surface area contributed by atoms with Gasteiger partial charge in [0.25, 0.3) is 0 Å². The van der Waals surface area contributed by atoms with E-state index in [1.54, 1.807) is 12.1 Å². The van der Waals surface area contributed by atoms with Crippen LogP contribution in [-0.4, -0.2) is 23.1 Å². The molecule has 19 heavy (non-hydrogen) atoms. The van der Waals surface area contributed by atoms with Crippen LogP contribution in [0.1, 0.15) is 19.3 Å². The number of aliphatic carboxylic acids is 1. The van der Waals surface area contributed by atoms with E-state index in [1.807, 2.05) is 12.1 Å². The number of urea groups is 1. The minimum Gasteiger partial charge on any atom is -0.481 e. The maximum Gasteiger partial charge on any atom is 0.319 e. The Labute approximate surface area is 119 Å². The summed E-state index contributed by atoms with van der Waals surface area (Å²) in [4.78, 5) is 22.5. The summed E-state index contributed by atoms with van der Waals surface area (Å²) in [6, 6.07) is 6.55. The second kappa shape index (κ2) is 6.06. The molecule has 1 aromatic rings. The molecule has 2 amide bonds. The second-order valence-corrected chi connectivity index (χ2v) is 5.56. The van der Waals surface area contributed by atoms with Crippen LogP contribution in [0.4, 0.5) is 10.5 Å². The van der Waals surface area contributed by atoms with Gasteiger partial charge in [-0.05, 0) is 43.0 Å². The third-order valence-corrected chi connectivity index (χ3v) is 3.53. The topological polar surface area (TPSA) is 78.4 Å². The molecule has 0 aromatic heterocycles. The Hall–Kier alpha value is -1.56. The molecule has 6 heteroatoms. The number of halogens is 1. The van der Waals surface area contributed by atoms with E-state index in [0.29, 0.717) is 11.6 Å². The molecular weight excluding hydrogens is 312 g/mol. The van der Waals surface area contributed by atoms with Gasteiger partial charge in [-0.1, -0.05) is 15.9 Å². The number of carbonyl (C=O) groups excluding carboxylic acids is 1. The quantitative estimate of drug-likeness (QED) is 0.778. The van der Waals surface area contributed by atoms with Gasteiger partial charge in [-0.25, -0.2) is 4.79 Å². The highest BCUT2D eigenvalue weighted by Crippen LogP contribution is 2.34. The Morgan fingerprint density at radius 3 is 2.47 bits per heavy atom. The van der Waals surface area contributed by atoms with Crippen LogP contribution in [0.25, 0.3) is 0 Å². The van der Waals surface area contributed by atoms with E-state index in [0.717, 1.165) is 17.3 Å². The average molecular weight is 327 g/mol. The second-order valence-electron chi connectivity index (χ2n) is 4.65. The van der Waals surface area contributed by atoms with Crippen LogP contribution in [0.2, 0.25) is 0 Å². The Morgan fingerprint density at radius 2 is 1.95 bits per heavy atom. The number of carbonyl (C=O) groups is 2. The third kappa shape index (κ3) is 4.55. The van der Waals surface area contributed by atoms with Crippen molar-refractivity contribution in [3.8, 4) is 0 Å². The number of amides is 2. The molecule has 0 bridgehead atoms. The molecule has 1 unspecified atom stereocenters. The molecule has 1 fully saturated rings. The van der Waals surface area contributed by atoms with Gasteiger partial charge in [0.1, 0.15) is 0 Å². The normalized spacial score (nSPS) is 15.6. The fraction of sp³-hybridized carbons (Fsp3) is 0.385. The van der Waals surface area contributed by atoms with Crippen LogP contribution in [0.3, 0.4) is 0 Å². The number of nitrogens with one attached hydrogen (secondary N) is 2. The number of hydrogen-bond acceptors (Lipinski definition) is 2. The number of carboxylic acid groups (broad SMARTS) is 1. The van der Waals surface area contributed by atoms with E-state index < -0.39 is 5.97 Å². The predicted octanol–water partition coefficient (Wildman–Crippen LogP) is 2.82. The zero-order valence-electron chi connectivity index (χ0n) is 10.2. The van der Waals surface area contributed by atoms with E-state index >= 15 is 0 Å². The monoisotopic (exact) mass is 326 g/mol. The third-order valence-electron chi connectivity index (χ3n) is 3.00. The maximum absolute atomic E-state index is 11.8. The fourth-order valence-corrected chi connectivity index (χ4v) is 2.16. The first-order valence-corrected chi connectivity index (χ1v) is 6.89. The average Bonchev–Trinajstić information content (AvgIpc) is 3.14. The van der Waals surface area contributed by atoms with E-state index in [-0.39, 0.29) is 18.5 Å². The van der Waals surface area contributed by atoms with Crippen molar-refractivity contribution < 1.29 is 14.7 Å². The van der Waals surface area contributed by atoms with E-state index in [9.17, 15) is 9.59 Å². The van der Waals surface area contributed by atoms with Crippen molar-refractivity contribution in [3.05, 3.63) is 28.7 Å². The van der Waals surface area contributed by atoms with Crippen LogP contribution in [0.5, 0.6) is 0 Å². The highest BCUT2D eigenvalue weighted by Gasteiger charge is 2.33. The Morgan fingerprint density at radius 1 is 1.32 bits per heavy atom. The Balaban J connectivity index is 1.88. The highest BCUT2D eigenvalue weighted by atomic mass is 79.9. The van der Waals surface area contributed by atoms with Gasteiger partial charge in [-0.15, -0.1) is 0 Å². The minimum atomic E-state index is -0.888. The molecule has 1 aliphatic carbocycles. The van der Waals surface area contributed by atoms with Crippen molar-refractivity contribution in [2.24, 2.45) is 5.92 Å². The standard InChI is InChI=1S/C13H15BrN2O3/c14-9-3-5-10(6-4-9)15-13(19)16-11(7-12(17)18)8-1-2-8/h3-6,8,11H,1-2,7H2,(H,17,18)(H2,15,16,19). The largest absolute Gasteiger partial charge is 0.481 e. The van der Waals surface area contributed by atoms with Crippen molar-refractivity contribution in [2.45, 2.75) is 25.3 Å². The van der Waals surface area contributed by atoms with Gasteiger partial charge in [0.05, 0.1) is 6.42 Å². The number of anilines is 1. The number of carboxylic acids is 1. The van der Waals surface area contributed by atoms with Crippen LogP contribution >= 0.6 is 15.9 Å². The lowest BCUT2D eigenvalue weighted by Gasteiger charge is -2.16. The van der Waals surface area contributed by atoms with Crippen molar-refractivity contribution in [3.63, 3.8) is 0 Å². The molecule has 1 aliphatic rings. The maximum atomic E-state index is 11.8. The summed E-state index contributed by atoms with van der Waals surface area (Å²) in [6.07, 6.45) is 1.94. The van der Waals surface area contributed by atoms with Crippen LogP contribution in [-0.2, 0) is 4.79 Å². The summed E-state index contributed by atoms with van der Waals surface area (Å²) in [7, 11) is 0. The van der Waals surface area contributed by atoms with E-state index in [2.05, 4.69) is 26.6 Å². The summed E-state index contributed by atoms with van der Waals surface area (Å²) in [5.41, 5.74) is 0.672. The van der Waals surface area contributed by atoms with E-state index in [1.165, 1.54) is 0 Å². The summed E-state index contributed by atoms with van der Waals surface area (Å²) in [5.74, 6) is -0.590. The summed E-state index contributed by atoms with van der Waals surface area (Å²) >= 11 is 3.31. The summed E-state index contributed by atoms with van der Waals surface area (Å²) in [6.45, 7) is 0. The lowest BCUT2D eigenvalue weighted by Crippen LogP contribution is -2.40. The van der Waals surface area contributed by atoms with Gasteiger partial charge in [0.15, 0.2) is 0 Å².